The number of nitrogens with one attached hydrogen (secondary N) is 1. The van der Waals surface area contributed by atoms with Crippen LogP contribution in [0.2, 0.25) is 0 Å². The van der Waals surface area contributed by atoms with Gasteiger partial charge in [0.25, 0.3) is 0 Å². The van der Waals surface area contributed by atoms with Gasteiger partial charge in [-0.25, -0.2) is 4.79 Å². The number of hydrogen-bond acceptors (Lipinski definition) is 7. The molecule has 0 atom stereocenters. The molecule has 0 amide bonds. The van der Waals surface area contributed by atoms with Crippen LogP contribution in [-0.2, 0) is 22.6 Å². The van der Waals surface area contributed by atoms with Crippen LogP contribution in [0.25, 0.3) is 10.9 Å². The average molecular weight is 584 g/mol. The number of nitrogens with zero attached hydrogens (tertiary/aromatic N) is 2. The Kier molecular flexibility index (Phi) is 11.0. The Hall–Kier alpha value is -3.98. The largest absolute Gasteiger partial charge is 0.487 e. The molecule has 8 heteroatoms. The van der Waals surface area contributed by atoms with Gasteiger partial charge in [0.1, 0.15) is 24.7 Å². The first-order chi connectivity index (χ1) is 21.1. The number of unbranched alkanes of at least 4 members (excludes halogenated alkanes) is 1. The fourth-order valence-corrected chi connectivity index (χ4v) is 5.30. The smallest absolute Gasteiger partial charge is 0.354 e. The van der Waals surface area contributed by atoms with E-state index in [1.165, 1.54) is 5.56 Å². The van der Waals surface area contributed by atoms with Crippen LogP contribution < -0.4 is 4.74 Å². The van der Waals surface area contributed by atoms with E-state index >= 15 is 0 Å². The highest BCUT2D eigenvalue weighted by atomic mass is 16.5. The van der Waals surface area contributed by atoms with Crippen LogP contribution in [0.5, 0.6) is 5.75 Å². The van der Waals surface area contributed by atoms with Gasteiger partial charge in [-0.15, -0.1) is 0 Å². The number of esters is 1. The van der Waals surface area contributed by atoms with Gasteiger partial charge in [-0.2, -0.15) is 0 Å². The second-order valence-corrected chi connectivity index (χ2v) is 10.9. The fourth-order valence-electron chi connectivity index (χ4n) is 5.30. The first-order valence-electron chi connectivity index (χ1n) is 15.2. The minimum atomic E-state index is -0.453. The highest BCUT2D eigenvalue weighted by molar-refractivity contribution is 6.11. The van der Waals surface area contributed by atoms with Gasteiger partial charge < -0.3 is 19.2 Å². The van der Waals surface area contributed by atoms with Crippen LogP contribution in [0.15, 0.2) is 78.9 Å². The number of aromatic amines is 1. The summed E-state index contributed by atoms with van der Waals surface area (Å²) in [6, 6.07) is 25.5. The van der Waals surface area contributed by atoms with Crippen molar-refractivity contribution in [2.24, 2.45) is 0 Å². The first-order valence-corrected chi connectivity index (χ1v) is 15.2. The number of fused-ring (bicyclic) bond motifs is 1. The van der Waals surface area contributed by atoms with Crippen LogP contribution in [0.1, 0.15) is 51.7 Å². The summed E-state index contributed by atoms with van der Waals surface area (Å²) in [5.74, 6) is 0.123. The van der Waals surface area contributed by atoms with E-state index in [0.29, 0.717) is 60.8 Å². The summed E-state index contributed by atoms with van der Waals surface area (Å²) in [6.07, 6.45) is 2.05. The van der Waals surface area contributed by atoms with Crippen LogP contribution in [-0.4, -0.2) is 79.1 Å². The van der Waals surface area contributed by atoms with Crippen LogP contribution in [0.3, 0.4) is 0 Å². The van der Waals surface area contributed by atoms with E-state index in [9.17, 15) is 9.59 Å². The monoisotopic (exact) mass is 583 g/mol. The molecule has 1 aromatic heterocycles. The first kappa shape index (κ1) is 30.5. The summed E-state index contributed by atoms with van der Waals surface area (Å²) in [4.78, 5) is 34.5. The molecule has 0 bridgehead atoms. The van der Waals surface area contributed by atoms with Crippen molar-refractivity contribution in [1.82, 2.24) is 14.8 Å². The molecule has 1 saturated heterocycles. The minimum Gasteiger partial charge on any atom is -0.487 e. The lowest BCUT2D eigenvalue weighted by atomic mass is 10.0. The highest BCUT2D eigenvalue weighted by Crippen LogP contribution is 2.31. The van der Waals surface area contributed by atoms with Crippen molar-refractivity contribution in [2.45, 2.75) is 32.9 Å². The average Bonchev–Trinajstić information content (AvgIpc) is 3.50. The maximum Gasteiger partial charge on any atom is 0.354 e. The van der Waals surface area contributed by atoms with Crippen LogP contribution in [0, 0.1) is 0 Å². The van der Waals surface area contributed by atoms with Gasteiger partial charge in [0, 0.05) is 37.1 Å². The van der Waals surface area contributed by atoms with E-state index < -0.39 is 5.97 Å². The molecule has 2 heterocycles. The molecule has 226 valence electrons. The van der Waals surface area contributed by atoms with E-state index in [1.807, 2.05) is 60.7 Å². The molecule has 43 heavy (non-hydrogen) atoms. The Balaban J connectivity index is 1.36. The van der Waals surface area contributed by atoms with Crippen molar-refractivity contribution in [3.63, 3.8) is 0 Å². The van der Waals surface area contributed by atoms with E-state index in [-0.39, 0.29) is 18.9 Å². The number of aromatic nitrogens is 1. The maximum absolute atomic E-state index is 13.8. The minimum absolute atomic E-state index is 0.00196. The summed E-state index contributed by atoms with van der Waals surface area (Å²) in [5, 5.41) is 0.658. The number of ether oxygens (including phenoxy) is 3. The summed E-state index contributed by atoms with van der Waals surface area (Å²) < 4.78 is 17.2. The van der Waals surface area contributed by atoms with Gasteiger partial charge in [0.2, 0.25) is 0 Å². The van der Waals surface area contributed by atoms with Crippen LogP contribution in [0.4, 0.5) is 0 Å². The van der Waals surface area contributed by atoms with Crippen molar-refractivity contribution in [1.29, 1.82) is 0 Å². The SMILES string of the molecule is CCCCN(CC(=O)c1ccc(OCc2ccccc2)c2[nH]c(C(=O)OCCN3CCOCC3)cc12)Cc1ccccc1. The molecule has 8 nitrogen and oxygen atoms in total. The van der Waals surface area contributed by atoms with Gasteiger partial charge in [-0.1, -0.05) is 74.0 Å². The fraction of sp³-hybridized carbons (Fsp3) is 0.371. The predicted molar refractivity (Wildman–Crippen MR) is 168 cm³/mol. The van der Waals surface area contributed by atoms with Crippen molar-refractivity contribution < 1.29 is 23.8 Å². The maximum atomic E-state index is 13.8. The molecule has 1 N–H and O–H groups in total. The van der Waals surface area contributed by atoms with E-state index in [1.54, 1.807) is 6.07 Å². The van der Waals surface area contributed by atoms with Crippen molar-refractivity contribution >= 4 is 22.7 Å². The number of benzene rings is 3. The lowest BCUT2D eigenvalue weighted by molar-refractivity contribution is 0.0193. The van der Waals surface area contributed by atoms with Gasteiger partial charge in [-0.05, 0) is 42.3 Å². The number of rotatable bonds is 15. The molecular weight excluding hydrogens is 542 g/mol. The third-order valence-electron chi connectivity index (χ3n) is 7.70. The summed E-state index contributed by atoms with van der Waals surface area (Å²) >= 11 is 0. The summed E-state index contributed by atoms with van der Waals surface area (Å²) in [5.41, 5.74) is 3.67. The van der Waals surface area contributed by atoms with Crippen LogP contribution >= 0.6 is 0 Å². The second kappa shape index (κ2) is 15.5. The predicted octanol–water partition coefficient (Wildman–Crippen LogP) is 5.72. The molecule has 5 rings (SSSR count). The zero-order valence-electron chi connectivity index (χ0n) is 24.9. The third-order valence-corrected chi connectivity index (χ3v) is 7.70. The molecule has 1 aliphatic heterocycles. The molecule has 0 radical (unpaired) electrons. The van der Waals surface area contributed by atoms with Gasteiger partial charge >= 0.3 is 5.97 Å². The third kappa shape index (κ3) is 8.54. The van der Waals surface area contributed by atoms with Gasteiger partial charge in [0.15, 0.2) is 5.78 Å². The van der Waals surface area contributed by atoms with E-state index in [4.69, 9.17) is 14.2 Å². The lowest BCUT2D eigenvalue weighted by Gasteiger charge is -2.26. The van der Waals surface area contributed by atoms with Crippen molar-refractivity contribution in [2.75, 3.05) is 52.5 Å². The molecule has 3 aromatic carbocycles. The zero-order chi connectivity index (χ0) is 29.9. The quantitative estimate of drug-likeness (QED) is 0.142. The molecule has 0 spiro atoms. The molecule has 1 aliphatic rings. The summed E-state index contributed by atoms with van der Waals surface area (Å²) in [6.45, 7) is 8.30. The van der Waals surface area contributed by atoms with Gasteiger partial charge in [-0.3, -0.25) is 14.6 Å². The highest BCUT2D eigenvalue weighted by Gasteiger charge is 2.21. The number of carbonyl (C=O) groups is 2. The van der Waals surface area contributed by atoms with Crippen molar-refractivity contribution in [3.05, 3.63) is 101 Å². The van der Waals surface area contributed by atoms with Gasteiger partial charge in [0.05, 0.1) is 25.3 Å². The Morgan fingerprint density at radius 1 is 0.953 bits per heavy atom. The molecule has 0 unspecified atom stereocenters. The second-order valence-electron chi connectivity index (χ2n) is 10.9. The molecule has 0 saturated carbocycles. The number of morpholine rings is 1. The molecule has 0 aliphatic carbocycles. The standard InChI is InChI=1S/C35H41N3O5/c1-2-3-16-38(24-27-10-6-4-7-11-27)25-32(39)29-14-15-33(43-26-28-12-8-5-9-13-28)34-30(29)23-31(36-34)35(40)42-22-19-37-17-20-41-21-18-37/h4-15,23,36H,2-3,16-22,24-26H2,1H3. The Morgan fingerprint density at radius 3 is 2.40 bits per heavy atom. The number of carbonyl (C=O) groups excluding carboxylic acids is 2. The number of H-pyrrole nitrogens is 1. The lowest BCUT2D eigenvalue weighted by Crippen LogP contribution is -2.38. The number of ketones is 1. The number of Topliss-reactive ketones (excluding diaryl/α,β-unsaturated/α-hetero) is 1. The Labute approximate surface area is 253 Å². The Morgan fingerprint density at radius 2 is 1.67 bits per heavy atom. The Bertz CT molecular complexity index is 1470. The summed E-state index contributed by atoms with van der Waals surface area (Å²) in [7, 11) is 0. The van der Waals surface area contributed by atoms with E-state index in [0.717, 1.165) is 38.0 Å². The molecule has 4 aromatic rings. The molecule has 1 fully saturated rings. The number of hydrogen-bond donors (Lipinski definition) is 1. The molecular formula is C35H41N3O5. The topological polar surface area (TPSA) is 84.1 Å². The van der Waals surface area contributed by atoms with Crippen molar-refractivity contribution in [3.8, 4) is 5.75 Å². The normalized spacial score (nSPS) is 13.8. The van der Waals surface area contributed by atoms with E-state index in [2.05, 4.69) is 33.8 Å². The zero-order valence-corrected chi connectivity index (χ0v) is 24.9.